The number of nitrogens with zero attached hydrogens (tertiary/aromatic N) is 2. The first-order valence-electron chi connectivity index (χ1n) is 4.43. The minimum atomic E-state index is -0.901. The molecule has 0 amide bonds. The Morgan fingerprint density at radius 2 is 2.36 bits per heavy atom. The normalized spacial score (nSPS) is 12.1. The van der Waals surface area contributed by atoms with Crippen molar-refractivity contribution >= 4 is 11.8 Å². The highest BCUT2D eigenvalue weighted by atomic mass is 16.4. The summed E-state index contributed by atoms with van der Waals surface area (Å²) in [6, 6.07) is 1.11. The average molecular weight is 195 g/mol. The lowest BCUT2D eigenvalue weighted by Gasteiger charge is -2.09. The Kier molecular flexibility index (Phi) is 3.39. The van der Waals surface area contributed by atoms with Crippen molar-refractivity contribution in [2.24, 2.45) is 0 Å². The SMILES string of the molecule is CCc1cc(N[C@@H](C)C(=O)O)ncn1. The van der Waals surface area contributed by atoms with E-state index in [1.165, 1.54) is 6.33 Å². The third kappa shape index (κ3) is 2.69. The van der Waals surface area contributed by atoms with Gasteiger partial charge in [0.15, 0.2) is 0 Å². The van der Waals surface area contributed by atoms with Crippen molar-refractivity contribution in [3.05, 3.63) is 18.1 Å². The maximum Gasteiger partial charge on any atom is 0.325 e. The molecular weight excluding hydrogens is 182 g/mol. The number of carboxylic acid groups (broad SMARTS) is 1. The van der Waals surface area contributed by atoms with Crippen LogP contribution >= 0.6 is 0 Å². The summed E-state index contributed by atoms with van der Waals surface area (Å²) in [5.41, 5.74) is 0.889. The zero-order valence-electron chi connectivity index (χ0n) is 8.19. The van der Waals surface area contributed by atoms with Crippen LogP contribution in [0.3, 0.4) is 0 Å². The summed E-state index contributed by atoms with van der Waals surface area (Å²) in [6.45, 7) is 3.54. The Labute approximate surface area is 82.2 Å². The molecule has 14 heavy (non-hydrogen) atoms. The molecule has 0 fully saturated rings. The number of aromatic nitrogens is 2. The number of rotatable bonds is 4. The second-order valence-electron chi connectivity index (χ2n) is 2.95. The van der Waals surface area contributed by atoms with Gasteiger partial charge in [0.1, 0.15) is 18.2 Å². The first-order valence-corrected chi connectivity index (χ1v) is 4.43. The summed E-state index contributed by atoms with van der Waals surface area (Å²) in [5.74, 6) is -0.353. The molecule has 0 spiro atoms. The van der Waals surface area contributed by atoms with Crippen LogP contribution in [-0.4, -0.2) is 27.1 Å². The van der Waals surface area contributed by atoms with E-state index in [9.17, 15) is 4.79 Å². The van der Waals surface area contributed by atoms with E-state index >= 15 is 0 Å². The Balaban J connectivity index is 2.71. The Morgan fingerprint density at radius 1 is 1.64 bits per heavy atom. The van der Waals surface area contributed by atoms with E-state index in [2.05, 4.69) is 15.3 Å². The number of aliphatic carboxylic acids is 1. The lowest BCUT2D eigenvalue weighted by atomic mass is 10.3. The van der Waals surface area contributed by atoms with E-state index in [1.807, 2.05) is 6.92 Å². The Morgan fingerprint density at radius 3 is 2.93 bits per heavy atom. The van der Waals surface area contributed by atoms with Crippen LogP contribution < -0.4 is 5.32 Å². The quantitative estimate of drug-likeness (QED) is 0.747. The van der Waals surface area contributed by atoms with Gasteiger partial charge in [-0.05, 0) is 13.3 Å². The van der Waals surface area contributed by atoms with Crippen LogP contribution in [0, 0.1) is 0 Å². The third-order valence-electron chi connectivity index (χ3n) is 1.82. The fraction of sp³-hybridized carbons (Fsp3) is 0.444. The fourth-order valence-electron chi connectivity index (χ4n) is 0.953. The highest BCUT2D eigenvalue weighted by Gasteiger charge is 2.10. The number of nitrogens with one attached hydrogen (secondary N) is 1. The first kappa shape index (κ1) is 10.4. The molecular formula is C9H13N3O2. The summed E-state index contributed by atoms with van der Waals surface area (Å²) in [6.07, 6.45) is 2.23. The molecule has 1 atom stereocenters. The van der Waals surface area contributed by atoms with E-state index in [-0.39, 0.29) is 0 Å². The zero-order valence-corrected chi connectivity index (χ0v) is 8.19. The maximum atomic E-state index is 10.6. The van der Waals surface area contributed by atoms with Gasteiger partial charge in [-0.3, -0.25) is 4.79 Å². The van der Waals surface area contributed by atoms with Gasteiger partial charge in [0.2, 0.25) is 0 Å². The molecule has 0 bridgehead atoms. The van der Waals surface area contributed by atoms with E-state index in [0.29, 0.717) is 5.82 Å². The molecule has 1 heterocycles. The molecule has 1 rings (SSSR count). The monoisotopic (exact) mass is 195 g/mol. The Hall–Kier alpha value is -1.65. The molecule has 0 aliphatic heterocycles. The van der Waals surface area contributed by atoms with Crippen LogP contribution in [-0.2, 0) is 11.2 Å². The highest BCUT2D eigenvalue weighted by Crippen LogP contribution is 2.05. The predicted molar refractivity (Wildman–Crippen MR) is 52.1 cm³/mol. The van der Waals surface area contributed by atoms with Crippen molar-refractivity contribution in [1.82, 2.24) is 9.97 Å². The molecule has 5 nitrogen and oxygen atoms in total. The van der Waals surface area contributed by atoms with Gasteiger partial charge < -0.3 is 10.4 Å². The fourth-order valence-corrected chi connectivity index (χ4v) is 0.953. The van der Waals surface area contributed by atoms with Gasteiger partial charge in [-0.2, -0.15) is 0 Å². The lowest BCUT2D eigenvalue weighted by Crippen LogP contribution is -2.25. The van der Waals surface area contributed by atoms with Crippen LogP contribution in [0.25, 0.3) is 0 Å². The summed E-state index contributed by atoms with van der Waals surface area (Å²) in [5, 5.41) is 11.4. The number of carboxylic acids is 1. The van der Waals surface area contributed by atoms with Crippen molar-refractivity contribution in [2.45, 2.75) is 26.3 Å². The van der Waals surface area contributed by atoms with Crippen molar-refractivity contribution in [1.29, 1.82) is 0 Å². The summed E-state index contributed by atoms with van der Waals surface area (Å²) in [4.78, 5) is 18.5. The third-order valence-corrected chi connectivity index (χ3v) is 1.82. The van der Waals surface area contributed by atoms with E-state index in [4.69, 9.17) is 5.11 Å². The number of hydrogen-bond donors (Lipinski definition) is 2. The van der Waals surface area contributed by atoms with Crippen molar-refractivity contribution in [3.8, 4) is 0 Å². The van der Waals surface area contributed by atoms with Crippen LogP contribution in [0.2, 0.25) is 0 Å². The maximum absolute atomic E-state index is 10.6. The van der Waals surface area contributed by atoms with Gasteiger partial charge >= 0.3 is 5.97 Å². The second kappa shape index (κ2) is 4.55. The smallest absolute Gasteiger partial charge is 0.325 e. The first-order chi connectivity index (χ1) is 6.63. The molecule has 0 unspecified atom stereocenters. The zero-order chi connectivity index (χ0) is 10.6. The van der Waals surface area contributed by atoms with E-state index < -0.39 is 12.0 Å². The van der Waals surface area contributed by atoms with Gasteiger partial charge in [-0.15, -0.1) is 0 Å². The lowest BCUT2D eigenvalue weighted by molar-refractivity contribution is -0.137. The summed E-state index contributed by atoms with van der Waals surface area (Å²) in [7, 11) is 0. The molecule has 0 aliphatic rings. The van der Waals surface area contributed by atoms with Gasteiger partial charge in [0, 0.05) is 11.8 Å². The molecule has 1 aromatic rings. The van der Waals surface area contributed by atoms with Crippen LogP contribution in [0.15, 0.2) is 12.4 Å². The largest absolute Gasteiger partial charge is 0.480 e. The molecule has 2 N–H and O–H groups in total. The average Bonchev–Trinajstić information content (AvgIpc) is 2.18. The van der Waals surface area contributed by atoms with Crippen LogP contribution in [0.1, 0.15) is 19.5 Å². The Bertz CT molecular complexity index is 328. The van der Waals surface area contributed by atoms with Crippen molar-refractivity contribution < 1.29 is 9.90 Å². The summed E-state index contributed by atoms with van der Waals surface area (Å²) < 4.78 is 0. The highest BCUT2D eigenvalue weighted by molar-refractivity contribution is 5.76. The van der Waals surface area contributed by atoms with Gasteiger partial charge in [0.05, 0.1) is 0 Å². The number of carbonyl (C=O) groups is 1. The van der Waals surface area contributed by atoms with Gasteiger partial charge in [-0.1, -0.05) is 6.92 Å². The molecule has 0 saturated carbocycles. The molecule has 0 aromatic carbocycles. The minimum absolute atomic E-state index is 0.548. The number of aryl methyl sites for hydroxylation is 1. The molecule has 5 heteroatoms. The standard InChI is InChI=1S/C9H13N3O2/c1-3-7-4-8(11-5-10-7)12-6(2)9(13)14/h4-6H,3H2,1-2H3,(H,13,14)(H,10,11,12)/t6-/m0/s1. The number of hydrogen-bond acceptors (Lipinski definition) is 4. The molecule has 0 radical (unpaired) electrons. The van der Waals surface area contributed by atoms with Gasteiger partial charge in [0.25, 0.3) is 0 Å². The molecule has 0 saturated heterocycles. The van der Waals surface area contributed by atoms with Crippen LogP contribution in [0.4, 0.5) is 5.82 Å². The van der Waals surface area contributed by atoms with E-state index in [1.54, 1.807) is 13.0 Å². The second-order valence-corrected chi connectivity index (χ2v) is 2.95. The molecule has 0 aliphatic carbocycles. The predicted octanol–water partition coefficient (Wildman–Crippen LogP) is 0.924. The molecule has 76 valence electrons. The minimum Gasteiger partial charge on any atom is -0.480 e. The summed E-state index contributed by atoms with van der Waals surface area (Å²) >= 11 is 0. The molecule has 1 aromatic heterocycles. The van der Waals surface area contributed by atoms with Crippen molar-refractivity contribution in [2.75, 3.05) is 5.32 Å². The van der Waals surface area contributed by atoms with Gasteiger partial charge in [-0.25, -0.2) is 9.97 Å². The van der Waals surface area contributed by atoms with Crippen molar-refractivity contribution in [3.63, 3.8) is 0 Å². The number of anilines is 1. The van der Waals surface area contributed by atoms with E-state index in [0.717, 1.165) is 12.1 Å². The topological polar surface area (TPSA) is 75.1 Å². The van der Waals surface area contributed by atoms with Crippen LogP contribution in [0.5, 0.6) is 0 Å².